The average molecular weight is 331 g/mol. The van der Waals surface area contributed by atoms with Gasteiger partial charge in [-0.05, 0) is 58.4 Å². The van der Waals surface area contributed by atoms with Crippen LogP contribution in [0.2, 0.25) is 0 Å². The summed E-state index contributed by atoms with van der Waals surface area (Å²) in [4.78, 5) is 12.8. The Morgan fingerprint density at radius 1 is 1.25 bits per heavy atom. The van der Waals surface area contributed by atoms with Gasteiger partial charge in [-0.2, -0.15) is 5.26 Å². The van der Waals surface area contributed by atoms with Crippen LogP contribution in [0.5, 0.6) is 0 Å². The third-order valence-corrected chi connectivity index (χ3v) is 3.57. The minimum Gasteiger partial charge on any atom is -0.478 e. The van der Waals surface area contributed by atoms with Crippen molar-refractivity contribution >= 4 is 33.3 Å². The molecule has 1 N–H and O–H groups in total. The molecule has 0 bridgehead atoms. The summed E-state index contributed by atoms with van der Waals surface area (Å²) in [5, 5.41) is 17.7. The molecule has 2 rings (SSSR count). The van der Waals surface area contributed by atoms with Crippen LogP contribution in [0.1, 0.15) is 15.9 Å². The van der Waals surface area contributed by atoms with Crippen LogP contribution < -0.4 is 4.90 Å². The van der Waals surface area contributed by atoms with Gasteiger partial charge in [0.05, 0.1) is 22.9 Å². The predicted molar refractivity (Wildman–Crippen MR) is 80.3 cm³/mol. The Kier molecular flexibility index (Phi) is 4.06. The van der Waals surface area contributed by atoms with E-state index in [1.54, 1.807) is 30.3 Å². The lowest BCUT2D eigenvalue weighted by Crippen LogP contribution is -2.10. The topological polar surface area (TPSA) is 64.3 Å². The third-order valence-electron chi connectivity index (χ3n) is 2.94. The van der Waals surface area contributed by atoms with Crippen LogP contribution in [0, 0.1) is 11.3 Å². The molecule has 100 valence electrons. The molecule has 0 saturated heterocycles. The lowest BCUT2D eigenvalue weighted by molar-refractivity contribution is 0.0697. The molecule has 20 heavy (non-hydrogen) atoms. The maximum atomic E-state index is 10.9. The van der Waals surface area contributed by atoms with Gasteiger partial charge in [0.2, 0.25) is 0 Å². The number of halogens is 1. The van der Waals surface area contributed by atoms with Crippen molar-refractivity contribution in [3.8, 4) is 6.07 Å². The van der Waals surface area contributed by atoms with Gasteiger partial charge in [0, 0.05) is 17.2 Å². The van der Waals surface area contributed by atoms with E-state index >= 15 is 0 Å². The quantitative estimate of drug-likeness (QED) is 0.929. The molecule has 0 heterocycles. The van der Waals surface area contributed by atoms with E-state index in [0.717, 1.165) is 11.4 Å². The third kappa shape index (κ3) is 2.81. The largest absolute Gasteiger partial charge is 0.478 e. The number of rotatable bonds is 3. The molecule has 0 atom stereocenters. The number of nitrogens with zero attached hydrogens (tertiary/aromatic N) is 2. The zero-order valence-electron chi connectivity index (χ0n) is 10.7. The van der Waals surface area contributed by atoms with Gasteiger partial charge >= 0.3 is 5.97 Å². The molecule has 0 radical (unpaired) electrons. The summed E-state index contributed by atoms with van der Waals surface area (Å²) in [7, 11) is 1.88. The molecule has 2 aromatic rings. The molecule has 0 aliphatic rings. The average Bonchev–Trinajstić information content (AvgIpc) is 2.46. The second-order valence-corrected chi connectivity index (χ2v) is 5.04. The van der Waals surface area contributed by atoms with E-state index < -0.39 is 5.97 Å². The van der Waals surface area contributed by atoms with Gasteiger partial charge in [-0.25, -0.2) is 4.79 Å². The van der Waals surface area contributed by atoms with E-state index in [9.17, 15) is 4.79 Å². The highest BCUT2D eigenvalue weighted by Crippen LogP contribution is 2.31. The van der Waals surface area contributed by atoms with Crippen molar-refractivity contribution in [2.24, 2.45) is 0 Å². The van der Waals surface area contributed by atoms with Crippen molar-refractivity contribution in [2.75, 3.05) is 11.9 Å². The normalized spacial score (nSPS) is 9.85. The van der Waals surface area contributed by atoms with Crippen LogP contribution in [0.4, 0.5) is 11.4 Å². The van der Waals surface area contributed by atoms with Crippen LogP contribution in [-0.4, -0.2) is 18.1 Å². The van der Waals surface area contributed by atoms with Crippen LogP contribution in [-0.2, 0) is 0 Å². The molecule has 0 aliphatic heterocycles. The number of aromatic carboxylic acids is 1. The second kappa shape index (κ2) is 5.76. The van der Waals surface area contributed by atoms with Gasteiger partial charge < -0.3 is 10.0 Å². The van der Waals surface area contributed by atoms with Crippen LogP contribution in [0.25, 0.3) is 0 Å². The Hall–Kier alpha value is -2.32. The standard InChI is InChI=1S/C15H11BrN2O2/c1-18(12-5-2-10(9-17)3-6-12)14-7-4-11(15(19)20)8-13(14)16/h2-8H,1H3,(H,19,20). The predicted octanol–water partition coefficient (Wildman–Crippen LogP) is 3.79. The van der Waals surface area contributed by atoms with Crippen molar-refractivity contribution < 1.29 is 9.90 Å². The van der Waals surface area contributed by atoms with E-state index in [0.29, 0.717) is 10.0 Å². The number of carboxylic acid groups (broad SMARTS) is 1. The van der Waals surface area contributed by atoms with Crippen LogP contribution in [0.15, 0.2) is 46.9 Å². The molecule has 0 fully saturated rings. The minimum atomic E-state index is -0.960. The smallest absolute Gasteiger partial charge is 0.335 e. The van der Waals surface area contributed by atoms with Gasteiger partial charge in [-0.3, -0.25) is 0 Å². The molecule has 0 amide bonds. The van der Waals surface area contributed by atoms with Crippen molar-refractivity contribution in [1.82, 2.24) is 0 Å². The van der Waals surface area contributed by atoms with Crippen molar-refractivity contribution in [1.29, 1.82) is 5.26 Å². The van der Waals surface area contributed by atoms with Gasteiger partial charge in [-0.15, -0.1) is 0 Å². The Bertz CT molecular complexity index is 690. The highest BCUT2D eigenvalue weighted by molar-refractivity contribution is 9.10. The number of carboxylic acids is 1. The zero-order chi connectivity index (χ0) is 14.7. The Morgan fingerprint density at radius 2 is 1.90 bits per heavy atom. The first-order valence-electron chi connectivity index (χ1n) is 5.79. The summed E-state index contributed by atoms with van der Waals surface area (Å²) in [5.41, 5.74) is 2.59. The SMILES string of the molecule is CN(c1ccc(C#N)cc1)c1ccc(C(=O)O)cc1Br. The summed E-state index contributed by atoms with van der Waals surface area (Å²) >= 11 is 3.38. The molecule has 0 spiro atoms. The van der Waals surface area contributed by atoms with Gasteiger partial charge in [-0.1, -0.05) is 0 Å². The van der Waals surface area contributed by atoms with Crippen molar-refractivity contribution in [2.45, 2.75) is 0 Å². The summed E-state index contributed by atoms with van der Waals surface area (Å²) in [6.45, 7) is 0. The number of nitriles is 1. The molecular weight excluding hydrogens is 320 g/mol. The minimum absolute atomic E-state index is 0.230. The zero-order valence-corrected chi connectivity index (χ0v) is 12.3. The lowest BCUT2D eigenvalue weighted by Gasteiger charge is -2.21. The Morgan fingerprint density at radius 3 is 2.40 bits per heavy atom. The highest BCUT2D eigenvalue weighted by atomic mass is 79.9. The monoisotopic (exact) mass is 330 g/mol. The first kappa shape index (κ1) is 14.1. The fourth-order valence-corrected chi connectivity index (χ4v) is 2.46. The summed E-state index contributed by atoms with van der Waals surface area (Å²) in [5.74, 6) is -0.960. The van der Waals surface area contributed by atoms with Crippen LogP contribution in [0.3, 0.4) is 0 Å². The van der Waals surface area contributed by atoms with E-state index in [1.807, 2.05) is 24.1 Å². The molecule has 0 aliphatic carbocycles. The number of carbonyl (C=O) groups is 1. The maximum Gasteiger partial charge on any atom is 0.335 e. The van der Waals surface area contributed by atoms with Crippen molar-refractivity contribution in [3.05, 3.63) is 58.1 Å². The first-order chi connectivity index (χ1) is 9.52. The molecule has 2 aromatic carbocycles. The fourth-order valence-electron chi connectivity index (χ4n) is 1.81. The summed E-state index contributed by atoms with van der Waals surface area (Å²) < 4.78 is 0.698. The molecular formula is C15H11BrN2O2. The Balaban J connectivity index is 2.35. The molecule has 0 saturated carbocycles. The Labute approximate surface area is 125 Å². The second-order valence-electron chi connectivity index (χ2n) is 4.19. The van der Waals surface area contributed by atoms with E-state index in [2.05, 4.69) is 22.0 Å². The number of hydrogen-bond donors (Lipinski definition) is 1. The highest BCUT2D eigenvalue weighted by Gasteiger charge is 2.11. The van der Waals surface area contributed by atoms with Crippen molar-refractivity contribution in [3.63, 3.8) is 0 Å². The van der Waals surface area contributed by atoms with Gasteiger partial charge in [0.15, 0.2) is 0 Å². The van der Waals surface area contributed by atoms with Crippen LogP contribution >= 0.6 is 15.9 Å². The molecule has 0 unspecified atom stereocenters. The molecule has 4 nitrogen and oxygen atoms in total. The maximum absolute atomic E-state index is 10.9. The molecule has 0 aromatic heterocycles. The fraction of sp³-hybridized carbons (Fsp3) is 0.0667. The lowest BCUT2D eigenvalue weighted by atomic mass is 10.1. The van der Waals surface area contributed by atoms with E-state index in [4.69, 9.17) is 10.4 Å². The number of anilines is 2. The van der Waals surface area contributed by atoms with E-state index in [-0.39, 0.29) is 5.56 Å². The first-order valence-corrected chi connectivity index (χ1v) is 6.59. The molecule has 5 heteroatoms. The van der Waals surface area contributed by atoms with Gasteiger partial charge in [0.25, 0.3) is 0 Å². The number of hydrogen-bond acceptors (Lipinski definition) is 3. The van der Waals surface area contributed by atoms with Gasteiger partial charge in [0.1, 0.15) is 0 Å². The summed E-state index contributed by atoms with van der Waals surface area (Å²) in [6.07, 6.45) is 0. The number of benzene rings is 2. The van der Waals surface area contributed by atoms with E-state index in [1.165, 1.54) is 0 Å². The summed E-state index contributed by atoms with van der Waals surface area (Å²) in [6, 6.07) is 14.1.